The van der Waals surface area contributed by atoms with Crippen LogP contribution < -0.4 is 0 Å². The molecule has 1 aliphatic rings. The van der Waals surface area contributed by atoms with Gasteiger partial charge in [0.05, 0.1) is 0 Å². The van der Waals surface area contributed by atoms with Crippen molar-refractivity contribution in [2.24, 2.45) is 0 Å². The van der Waals surface area contributed by atoms with Crippen molar-refractivity contribution in [2.45, 2.75) is 39.2 Å². The van der Waals surface area contributed by atoms with Crippen LogP contribution in [0.15, 0.2) is 0 Å². The zero-order valence-electron chi connectivity index (χ0n) is 11.4. The van der Waals surface area contributed by atoms with Crippen LogP contribution in [0.25, 0.3) is 0 Å². The number of carbonyl (C=O) groups is 1. The van der Waals surface area contributed by atoms with E-state index in [1.165, 1.54) is 0 Å². The lowest BCUT2D eigenvalue weighted by molar-refractivity contribution is -0.138. The summed E-state index contributed by atoms with van der Waals surface area (Å²) in [6.45, 7) is 8.06. The molecule has 1 aliphatic heterocycles. The van der Waals surface area contributed by atoms with Crippen LogP contribution in [0.2, 0.25) is 0 Å². The molecule has 1 fully saturated rings. The molecule has 0 aliphatic carbocycles. The van der Waals surface area contributed by atoms with Gasteiger partial charge in [-0.05, 0) is 32.9 Å². The molecule has 1 rings (SSSR count). The van der Waals surface area contributed by atoms with E-state index >= 15 is 0 Å². The van der Waals surface area contributed by atoms with Crippen molar-refractivity contribution in [3.63, 3.8) is 0 Å². The number of hydrogen-bond donors (Lipinski definition) is 0. The van der Waals surface area contributed by atoms with E-state index in [4.69, 9.17) is 4.74 Å². The minimum absolute atomic E-state index is 0.153. The number of rotatable bonds is 5. The molecule has 0 aromatic rings. The van der Waals surface area contributed by atoms with Gasteiger partial charge in [0.15, 0.2) is 0 Å². The van der Waals surface area contributed by atoms with Crippen molar-refractivity contribution < 1.29 is 9.53 Å². The van der Waals surface area contributed by atoms with E-state index in [1.807, 2.05) is 4.90 Å². The van der Waals surface area contributed by atoms with E-state index in [1.54, 1.807) is 0 Å². The number of hydrogen-bond acceptors (Lipinski definition) is 3. The normalized spacial score (nSPS) is 22.5. The predicted molar refractivity (Wildman–Crippen MR) is 69.0 cm³/mol. The second kappa shape index (κ2) is 7.67. The van der Waals surface area contributed by atoms with Crippen molar-refractivity contribution in [2.75, 3.05) is 39.9 Å². The fraction of sp³-hybridized carbons (Fsp3) is 0.923. The lowest BCUT2D eigenvalue weighted by atomic mass is 10.2. The highest BCUT2D eigenvalue weighted by Gasteiger charge is 2.25. The molecule has 4 nitrogen and oxygen atoms in total. The highest BCUT2D eigenvalue weighted by atomic mass is 16.5. The summed E-state index contributed by atoms with van der Waals surface area (Å²) in [7, 11) is 2.13. The van der Waals surface area contributed by atoms with Crippen LogP contribution in [0, 0.1) is 0 Å². The quantitative estimate of drug-likeness (QED) is 0.682. The van der Waals surface area contributed by atoms with Gasteiger partial charge in [0, 0.05) is 25.7 Å². The average molecular weight is 242 g/mol. The molecule has 1 atom stereocenters. The molecule has 17 heavy (non-hydrogen) atoms. The first-order chi connectivity index (χ1) is 8.19. The summed E-state index contributed by atoms with van der Waals surface area (Å²) in [5, 5.41) is 0. The van der Waals surface area contributed by atoms with Gasteiger partial charge < -0.3 is 14.5 Å². The summed E-state index contributed by atoms with van der Waals surface area (Å²) in [6, 6.07) is 0.347. The van der Waals surface area contributed by atoms with Crippen molar-refractivity contribution in [1.29, 1.82) is 0 Å². The van der Waals surface area contributed by atoms with E-state index in [2.05, 4.69) is 25.8 Å². The molecule has 0 radical (unpaired) electrons. The third kappa shape index (κ3) is 4.64. The van der Waals surface area contributed by atoms with Crippen LogP contribution in [0.5, 0.6) is 0 Å². The van der Waals surface area contributed by atoms with Crippen molar-refractivity contribution in [3.05, 3.63) is 0 Å². The Labute approximate surface area is 105 Å². The van der Waals surface area contributed by atoms with E-state index < -0.39 is 0 Å². The van der Waals surface area contributed by atoms with Gasteiger partial charge in [-0.2, -0.15) is 0 Å². The predicted octanol–water partition coefficient (Wildman–Crippen LogP) is 1.36. The van der Waals surface area contributed by atoms with Gasteiger partial charge in [0.25, 0.3) is 0 Å². The second-order valence-electron chi connectivity index (χ2n) is 4.82. The summed E-state index contributed by atoms with van der Waals surface area (Å²) in [4.78, 5) is 16.4. The summed E-state index contributed by atoms with van der Waals surface area (Å²) >= 11 is 0. The largest absolute Gasteiger partial charge is 0.372 e. The van der Waals surface area contributed by atoms with Crippen LogP contribution in [0.4, 0.5) is 0 Å². The van der Waals surface area contributed by atoms with Crippen LogP contribution in [0.3, 0.4) is 0 Å². The minimum atomic E-state index is 0.153. The molecular weight excluding hydrogens is 216 g/mol. The number of ether oxygens (including phenoxy) is 1. The molecule has 1 saturated heterocycles. The van der Waals surface area contributed by atoms with Gasteiger partial charge >= 0.3 is 0 Å². The number of carbonyl (C=O) groups excluding carboxylic acids is 1. The second-order valence-corrected chi connectivity index (χ2v) is 4.82. The van der Waals surface area contributed by atoms with Gasteiger partial charge in [0.2, 0.25) is 5.91 Å². The summed E-state index contributed by atoms with van der Waals surface area (Å²) < 4.78 is 5.35. The van der Waals surface area contributed by atoms with E-state index in [0.717, 1.165) is 38.9 Å². The molecule has 100 valence electrons. The Morgan fingerprint density at radius 3 is 2.76 bits per heavy atom. The number of likely N-dealkylation sites (N-methyl/N-ethyl adjacent to an activating group) is 1. The molecule has 0 spiro atoms. The van der Waals surface area contributed by atoms with Crippen LogP contribution in [0.1, 0.15) is 33.1 Å². The Morgan fingerprint density at radius 1 is 1.35 bits per heavy atom. The molecular formula is C13H26N2O2. The molecule has 0 N–H and O–H groups in total. The fourth-order valence-corrected chi connectivity index (χ4v) is 2.31. The van der Waals surface area contributed by atoms with Gasteiger partial charge in [-0.25, -0.2) is 0 Å². The monoisotopic (exact) mass is 242 g/mol. The third-order valence-electron chi connectivity index (χ3n) is 3.27. The van der Waals surface area contributed by atoms with E-state index in [-0.39, 0.29) is 12.5 Å². The zero-order chi connectivity index (χ0) is 12.7. The molecule has 0 aromatic carbocycles. The molecule has 0 saturated carbocycles. The smallest absolute Gasteiger partial charge is 0.248 e. The van der Waals surface area contributed by atoms with Crippen molar-refractivity contribution in [3.8, 4) is 0 Å². The highest BCUT2D eigenvalue weighted by Crippen LogP contribution is 2.12. The van der Waals surface area contributed by atoms with Gasteiger partial charge in [0.1, 0.15) is 6.61 Å². The summed E-state index contributed by atoms with van der Waals surface area (Å²) in [5.74, 6) is 0.153. The standard InChI is InChI=1S/C13H26N2O2/c1-4-9-17-11-13(16)15-8-6-7-14(3)10-12(15)5-2/h12H,4-11H2,1-3H3. The first kappa shape index (κ1) is 14.5. The van der Waals surface area contributed by atoms with Crippen LogP contribution in [-0.2, 0) is 9.53 Å². The Kier molecular flexibility index (Phi) is 6.52. The molecule has 1 amide bonds. The molecule has 4 heteroatoms. The Morgan fingerprint density at radius 2 is 2.12 bits per heavy atom. The maximum absolute atomic E-state index is 12.1. The fourth-order valence-electron chi connectivity index (χ4n) is 2.31. The maximum atomic E-state index is 12.1. The van der Waals surface area contributed by atoms with E-state index in [0.29, 0.717) is 12.6 Å². The lowest BCUT2D eigenvalue weighted by Gasteiger charge is -2.30. The SMILES string of the molecule is CCCOCC(=O)N1CCCN(C)CC1CC. The Balaban J connectivity index is 2.49. The summed E-state index contributed by atoms with van der Waals surface area (Å²) in [6.07, 6.45) is 3.05. The van der Waals surface area contributed by atoms with Crippen molar-refractivity contribution >= 4 is 5.91 Å². The summed E-state index contributed by atoms with van der Waals surface area (Å²) in [5.41, 5.74) is 0. The minimum Gasteiger partial charge on any atom is -0.372 e. The number of amides is 1. The third-order valence-corrected chi connectivity index (χ3v) is 3.27. The molecule has 1 unspecified atom stereocenters. The first-order valence-corrected chi connectivity index (χ1v) is 6.74. The highest BCUT2D eigenvalue weighted by molar-refractivity contribution is 5.77. The first-order valence-electron chi connectivity index (χ1n) is 6.74. The topological polar surface area (TPSA) is 32.8 Å². The number of nitrogens with zero attached hydrogens (tertiary/aromatic N) is 2. The molecule has 1 heterocycles. The van der Waals surface area contributed by atoms with Crippen molar-refractivity contribution in [1.82, 2.24) is 9.80 Å². The molecule has 0 bridgehead atoms. The zero-order valence-corrected chi connectivity index (χ0v) is 11.4. The average Bonchev–Trinajstić information content (AvgIpc) is 2.50. The molecule has 0 aromatic heterocycles. The van der Waals surface area contributed by atoms with Crippen LogP contribution in [-0.4, -0.2) is 61.6 Å². The van der Waals surface area contributed by atoms with Crippen LogP contribution >= 0.6 is 0 Å². The lowest BCUT2D eigenvalue weighted by Crippen LogP contribution is -2.45. The van der Waals surface area contributed by atoms with Gasteiger partial charge in [-0.15, -0.1) is 0 Å². The Bertz CT molecular complexity index is 233. The Hall–Kier alpha value is -0.610. The van der Waals surface area contributed by atoms with E-state index in [9.17, 15) is 4.79 Å². The van der Waals surface area contributed by atoms with Gasteiger partial charge in [-0.3, -0.25) is 4.79 Å². The van der Waals surface area contributed by atoms with Gasteiger partial charge in [-0.1, -0.05) is 13.8 Å². The maximum Gasteiger partial charge on any atom is 0.248 e.